The van der Waals surface area contributed by atoms with Crippen molar-refractivity contribution in [2.24, 2.45) is 4.99 Å². The van der Waals surface area contributed by atoms with Gasteiger partial charge in [0.05, 0.1) is 6.54 Å². The number of amides is 2. The van der Waals surface area contributed by atoms with Gasteiger partial charge in [-0.05, 0) is 6.08 Å². The minimum Gasteiger partial charge on any atom is -0.314 e. The molecular formula is C12H13N3O. The average molecular weight is 215 g/mol. The van der Waals surface area contributed by atoms with Crippen molar-refractivity contribution in [3.8, 4) is 11.8 Å². The van der Waals surface area contributed by atoms with Crippen LogP contribution < -0.4 is 5.32 Å². The first-order valence-electron chi connectivity index (χ1n) is 5.19. The fraction of sp³-hybridized carbons (Fsp3) is 0.333. The monoisotopic (exact) mass is 215 g/mol. The smallest absolute Gasteiger partial charge is 0.314 e. The van der Waals surface area contributed by atoms with Gasteiger partial charge in [0.1, 0.15) is 0 Å². The van der Waals surface area contributed by atoms with Crippen molar-refractivity contribution < 1.29 is 4.79 Å². The van der Waals surface area contributed by atoms with Gasteiger partial charge in [0.25, 0.3) is 0 Å². The third-order valence-electron chi connectivity index (χ3n) is 2.40. The van der Waals surface area contributed by atoms with E-state index in [2.05, 4.69) is 28.7 Å². The molecule has 0 spiro atoms. The Balaban J connectivity index is 2.06. The van der Waals surface area contributed by atoms with Crippen LogP contribution in [0.1, 0.15) is 12.8 Å². The molecule has 0 atom stereocenters. The lowest BCUT2D eigenvalue weighted by molar-refractivity contribution is 0.219. The fourth-order valence-corrected chi connectivity index (χ4v) is 1.55. The molecule has 4 heteroatoms. The number of allylic oxidation sites excluding steroid dienone is 1. The van der Waals surface area contributed by atoms with Gasteiger partial charge in [0.2, 0.25) is 0 Å². The summed E-state index contributed by atoms with van der Waals surface area (Å²) in [7, 11) is 0. The predicted molar refractivity (Wildman–Crippen MR) is 62.8 cm³/mol. The number of nitrogens with zero attached hydrogens (tertiary/aromatic N) is 2. The third-order valence-corrected chi connectivity index (χ3v) is 2.40. The van der Waals surface area contributed by atoms with Gasteiger partial charge in [-0.2, -0.15) is 0 Å². The molecule has 0 aromatic carbocycles. The summed E-state index contributed by atoms with van der Waals surface area (Å²) in [5.74, 6) is 6.05. The minimum absolute atomic E-state index is 0.160. The predicted octanol–water partition coefficient (Wildman–Crippen LogP) is 1.28. The summed E-state index contributed by atoms with van der Waals surface area (Å²) in [6.07, 6.45) is 4.80. The zero-order valence-electron chi connectivity index (χ0n) is 8.99. The minimum atomic E-state index is -0.160. The van der Waals surface area contributed by atoms with Gasteiger partial charge in [0.15, 0.2) is 0 Å². The van der Waals surface area contributed by atoms with Gasteiger partial charge in [0, 0.05) is 37.0 Å². The van der Waals surface area contributed by atoms with Crippen LogP contribution in [-0.4, -0.2) is 29.7 Å². The summed E-state index contributed by atoms with van der Waals surface area (Å²) >= 11 is 0. The maximum atomic E-state index is 11.6. The first kappa shape index (κ1) is 10.5. The Morgan fingerprint density at radius 1 is 1.56 bits per heavy atom. The van der Waals surface area contributed by atoms with E-state index in [0.29, 0.717) is 18.7 Å². The first-order chi connectivity index (χ1) is 7.77. The SMILES string of the molecule is C=C1C=CNC(=O)N1CC1=NCCC#CC1. The van der Waals surface area contributed by atoms with Crippen LogP contribution in [-0.2, 0) is 0 Å². The Kier molecular flexibility index (Phi) is 3.06. The number of hydrogen-bond donors (Lipinski definition) is 1. The van der Waals surface area contributed by atoms with E-state index in [9.17, 15) is 4.79 Å². The van der Waals surface area contributed by atoms with Crippen LogP contribution >= 0.6 is 0 Å². The Morgan fingerprint density at radius 3 is 3.25 bits per heavy atom. The van der Waals surface area contributed by atoms with Crippen LogP contribution in [0.15, 0.2) is 29.5 Å². The van der Waals surface area contributed by atoms with Crippen LogP contribution in [0.3, 0.4) is 0 Å². The molecule has 2 amide bonds. The maximum Gasteiger partial charge on any atom is 0.326 e. The molecule has 0 saturated carbocycles. The number of carbonyl (C=O) groups excluding carboxylic acids is 1. The molecule has 2 aliphatic rings. The molecule has 2 heterocycles. The average Bonchev–Trinajstić information content (AvgIpc) is 2.52. The molecule has 1 N–H and O–H groups in total. The summed E-state index contributed by atoms with van der Waals surface area (Å²) in [5.41, 5.74) is 1.63. The summed E-state index contributed by atoms with van der Waals surface area (Å²) < 4.78 is 0. The molecule has 82 valence electrons. The van der Waals surface area contributed by atoms with E-state index in [1.165, 1.54) is 0 Å². The van der Waals surface area contributed by atoms with Gasteiger partial charge in [-0.1, -0.05) is 12.5 Å². The van der Waals surface area contributed by atoms with E-state index >= 15 is 0 Å². The zero-order chi connectivity index (χ0) is 11.4. The molecule has 2 rings (SSSR count). The summed E-state index contributed by atoms with van der Waals surface area (Å²) in [6.45, 7) is 5.02. The lowest BCUT2D eigenvalue weighted by Gasteiger charge is -2.25. The highest BCUT2D eigenvalue weighted by Gasteiger charge is 2.19. The highest BCUT2D eigenvalue weighted by Crippen LogP contribution is 2.09. The fourth-order valence-electron chi connectivity index (χ4n) is 1.55. The van der Waals surface area contributed by atoms with Gasteiger partial charge in [-0.25, -0.2) is 4.79 Å². The lowest BCUT2D eigenvalue weighted by Crippen LogP contribution is -2.42. The topological polar surface area (TPSA) is 44.7 Å². The van der Waals surface area contributed by atoms with Gasteiger partial charge >= 0.3 is 6.03 Å². The molecule has 0 aromatic heterocycles. The van der Waals surface area contributed by atoms with E-state index < -0.39 is 0 Å². The molecule has 0 unspecified atom stereocenters. The molecular weight excluding hydrogens is 202 g/mol. The number of nitrogens with one attached hydrogen (secondary N) is 1. The Bertz CT molecular complexity index is 437. The molecule has 2 aliphatic heterocycles. The molecule has 0 fully saturated rings. The normalized spacial score (nSPS) is 19.5. The second-order valence-electron chi connectivity index (χ2n) is 3.59. The molecule has 16 heavy (non-hydrogen) atoms. The van der Waals surface area contributed by atoms with Crippen molar-refractivity contribution in [3.05, 3.63) is 24.6 Å². The third kappa shape index (κ3) is 2.31. The van der Waals surface area contributed by atoms with Crippen LogP contribution in [0, 0.1) is 11.8 Å². The zero-order valence-corrected chi connectivity index (χ0v) is 8.99. The highest BCUT2D eigenvalue weighted by atomic mass is 16.2. The number of hydrogen-bond acceptors (Lipinski definition) is 2. The molecule has 0 radical (unpaired) electrons. The largest absolute Gasteiger partial charge is 0.326 e. The summed E-state index contributed by atoms with van der Waals surface area (Å²) in [4.78, 5) is 17.5. The van der Waals surface area contributed by atoms with E-state index in [-0.39, 0.29) is 6.03 Å². The molecule has 0 aromatic rings. The van der Waals surface area contributed by atoms with Crippen molar-refractivity contribution in [1.82, 2.24) is 10.2 Å². The van der Waals surface area contributed by atoms with Gasteiger partial charge < -0.3 is 5.32 Å². The maximum absolute atomic E-state index is 11.6. The second kappa shape index (κ2) is 4.67. The summed E-state index contributed by atoms with van der Waals surface area (Å²) in [5, 5.41) is 2.62. The first-order valence-corrected chi connectivity index (χ1v) is 5.19. The number of carbonyl (C=O) groups is 1. The number of rotatable bonds is 2. The number of aliphatic imine (C=N–C) groups is 1. The van der Waals surface area contributed by atoms with Gasteiger partial charge in [-0.15, -0.1) is 5.92 Å². The molecule has 4 nitrogen and oxygen atoms in total. The Morgan fingerprint density at radius 2 is 2.44 bits per heavy atom. The van der Waals surface area contributed by atoms with Crippen LogP contribution in [0.2, 0.25) is 0 Å². The molecule has 0 bridgehead atoms. The van der Waals surface area contributed by atoms with Crippen LogP contribution in [0.25, 0.3) is 0 Å². The van der Waals surface area contributed by atoms with E-state index in [1.54, 1.807) is 17.2 Å². The van der Waals surface area contributed by atoms with Crippen LogP contribution in [0.4, 0.5) is 4.79 Å². The molecule has 0 saturated heterocycles. The number of urea groups is 1. The Labute approximate surface area is 94.7 Å². The second-order valence-corrected chi connectivity index (χ2v) is 3.59. The van der Waals surface area contributed by atoms with Crippen molar-refractivity contribution in [3.63, 3.8) is 0 Å². The standard InChI is InChI=1S/C12H13N3O/c1-10-6-8-14-12(16)15(10)9-11-5-3-2-4-7-13-11/h6,8H,1,4-5,7,9H2,(H,14,16). The van der Waals surface area contributed by atoms with E-state index in [4.69, 9.17) is 0 Å². The van der Waals surface area contributed by atoms with Crippen molar-refractivity contribution >= 4 is 11.7 Å². The molecule has 0 aliphatic carbocycles. The van der Waals surface area contributed by atoms with Gasteiger partial charge in [-0.3, -0.25) is 9.89 Å². The quantitative estimate of drug-likeness (QED) is 0.693. The van der Waals surface area contributed by atoms with E-state index in [1.807, 2.05) is 0 Å². The van der Waals surface area contributed by atoms with Crippen LogP contribution in [0.5, 0.6) is 0 Å². The summed E-state index contributed by atoms with van der Waals surface area (Å²) in [6, 6.07) is -0.160. The van der Waals surface area contributed by atoms with E-state index in [0.717, 1.165) is 18.7 Å². The lowest BCUT2D eigenvalue weighted by atomic mass is 10.2. The Hall–Kier alpha value is -2.02. The van der Waals surface area contributed by atoms with Crippen molar-refractivity contribution in [2.45, 2.75) is 12.8 Å². The van der Waals surface area contributed by atoms with Crippen molar-refractivity contribution in [2.75, 3.05) is 13.1 Å². The van der Waals surface area contributed by atoms with Crippen molar-refractivity contribution in [1.29, 1.82) is 0 Å². The highest BCUT2D eigenvalue weighted by molar-refractivity contribution is 5.92.